The van der Waals surface area contributed by atoms with Gasteiger partial charge in [-0.05, 0) is 12.8 Å². The number of amides is 1. The molecule has 0 fully saturated rings. The minimum absolute atomic E-state index is 0.162. The van der Waals surface area contributed by atoms with E-state index in [1.807, 2.05) is 13.8 Å². The molecule has 7 heteroatoms. The first kappa shape index (κ1) is 16.2. The summed E-state index contributed by atoms with van der Waals surface area (Å²) in [7, 11) is 0. The van der Waals surface area contributed by atoms with E-state index in [1.54, 1.807) is 0 Å². The van der Waals surface area contributed by atoms with Crippen LogP contribution in [-0.4, -0.2) is 39.5 Å². The molecule has 0 aliphatic heterocycles. The van der Waals surface area contributed by atoms with E-state index in [0.717, 1.165) is 0 Å². The predicted molar refractivity (Wildman–Crippen MR) is 73.9 cm³/mol. The molecule has 1 amide bonds. The molecule has 0 saturated heterocycles. The van der Waals surface area contributed by atoms with Crippen molar-refractivity contribution in [3.8, 4) is 0 Å². The monoisotopic (exact) mass is 282 g/mol. The maximum Gasteiger partial charge on any atom is 0.326 e. The van der Waals surface area contributed by atoms with Gasteiger partial charge in [0.05, 0.1) is 11.7 Å². The zero-order valence-corrected chi connectivity index (χ0v) is 11.8. The first-order chi connectivity index (χ1) is 9.49. The van der Waals surface area contributed by atoms with Crippen LogP contribution in [0, 0.1) is 5.41 Å². The lowest BCUT2D eigenvalue weighted by Gasteiger charge is -2.30. The minimum Gasteiger partial charge on any atom is -0.480 e. The Kier molecular flexibility index (Phi) is 5.69. The van der Waals surface area contributed by atoms with E-state index in [9.17, 15) is 14.7 Å². The third-order valence-corrected chi connectivity index (χ3v) is 3.81. The molecule has 0 aliphatic carbocycles. The van der Waals surface area contributed by atoms with Crippen molar-refractivity contribution in [2.24, 2.45) is 11.1 Å². The predicted octanol–water partition coefficient (Wildman–Crippen LogP) is 0.287. The fraction of sp³-hybridized carbons (Fsp3) is 0.615. The van der Waals surface area contributed by atoms with Crippen LogP contribution in [0.4, 0.5) is 0 Å². The molecule has 7 nitrogen and oxygen atoms in total. The normalized spacial score (nSPS) is 12.9. The van der Waals surface area contributed by atoms with Gasteiger partial charge in [-0.2, -0.15) is 0 Å². The number of carboxylic acid groups (broad SMARTS) is 1. The zero-order valence-electron chi connectivity index (χ0n) is 11.8. The quantitative estimate of drug-likeness (QED) is 0.546. The number of aromatic amines is 1. The Bertz CT molecular complexity index is 432. The number of nitrogens with two attached hydrogens (primary N) is 1. The van der Waals surface area contributed by atoms with Gasteiger partial charge in [0.25, 0.3) is 0 Å². The number of hydrogen-bond acceptors (Lipinski definition) is 4. The maximum absolute atomic E-state index is 12.3. The van der Waals surface area contributed by atoms with E-state index < -0.39 is 17.4 Å². The Morgan fingerprint density at radius 2 is 2.15 bits per heavy atom. The molecule has 0 radical (unpaired) electrons. The van der Waals surface area contributed by atoms with Crippen LogP contribution in [0.15, 0.2) is 12.5 Å². The van der Waals surface area contributed by atoms with Gasteiger partial charge in [-0.3, -0.25) is 4.79 Å². The van der Waals surface area contributed by atoms with Gasteiger partial charge >= 0.3 is 5.97 Å². The average Bonchev–Trinajstić information content (AvgIpc) is 2.93. The lowest BCUT2D eigenvalue weighted by Crippen LogP contribution is -2.51. The topological polar surface area (TPSA) is 121 Å². The molecule has 1 aromatic heterocycles. The highest BCUT2D eigenvalue weighted by molar-refractivity contribution is 5.87. The summed E-state index contributed by atoms with van der Waals surface area (Å²) in [5, 5.41) is 11.8. The van der Waals surface area contributed by atoms with Crippen molar-refractivity contribution in [2.75, 3.05) is 6.54 Å². The number of nitrogens with one attached hydrogen (secondary N) is 2. The highest BCUT2D eigenvalue weighted by Gasteiger charge is 2.35. The minimum atomic E-state index is -1.08. The standard InChI is InChI=1S/C13H22N4O3/c1-3-13(4-2,7-14)12(20)17-10(11(18)19)5-9-6-15-8-16-9/h6,8,10H,3-5,7,14H2,1-2H3,(H,15,16)(H,17,20)(H,18,19). The lowest BCUT2D eigenvalue weighted by molar-refractivity contribution is -0.144. The second-order valence-corrected chi connectivity index (χ2v) is 4.84. The molecule has 1 rings (SSSR count). The lowest BCUT2D eigenvalue weighted by atomic mass is 9.81. The van der Waals surface area contributed by atoms with Crippen LogP contribution < -0.4 is 11.1 Å². The number of imidazole rings is 1. The summed E-state index contributed by atoms with van der Waals surface area (Å²) in [5.74, 6) is -1.39. The van der Waals surface area contributed by atoms with E-state index in [2.05, 4.69) is 15.3 Å². The van der Waals surface area contributed by atoms with E-state index in [-0.39, 0.29) is 18.9 Å². The number of hydrogen-bond donors (Lipinski definition) is 4. The summed E-state index contributed by atoms with van der Waals surface area (Å²) in [6.45, 7) is 3.95. The summed E-state index contributed by atoms with van der Waals surface area (Å²) >= 11 is 0. The number of nitrogens with zero attached hydrogens (tertiary/aromatic N) is 1. The van der Waals surface area contributed by atoms with Crippen LogP contribution in [0.3, 0.4) is 0 Å². The van der Waals surface area contributed by atoms with Gasteiger partial charge < -0.3 is 21.1 Å². The van der Waals surface area contributed by atoms with Crippen LogP contribution >= 0.6 is 0 Å². The molecular weight excluding hydrogens is 260 g/mol. The van der Waals surface area contributed by atoms with Gasteiger partial charge in [-0.1, -0.05) is 13.8 Å². The molecule has 1 unspecified atom stereocenters. The number of rotatable bonds is 8. The van der Waals surface area contributed by atoms with E-state index >= 15 is 0 Å². The molecule has 0 aromatic carbocycles. The second kappa shape index (κ2) is 7.04. The van der Waals surface area contributed by atoms with Crippen LogP contribution in [0.2, 0.25) is 0 Å². The maximum atomic E-state index is 12.3. The third kappa shape index (κ3) is 3.57. The van der Waals surface area contributed by atoms with Crippen molar-refractivity contribution in [2.45, 2.75) is 39.2 Å². The molecule has 0 spiro atoms. The molecule has 0 aliphatic rings. The number of H-pyrrole nitrogens is 1. The largest absolute Gasteiger partial charge is 0.480 e. The van der Waals surface area contributed by atoms with E-state index in [4.69, 9.17) is 5.73 Å². The fourth-order valence-corrected chi connectivity index (χ4v) is 2.08. The number of carbonyl (C=O) groups excluding carboxylic acids is 1. The first-order valence-electron chi connectivity index (χ1n) is 6.70. The van der Waals surface area contributed by atoms with Crippen molar-refractivity contribution in [3.63, 3.8) is 0 Å². The first-order valence-corrected chi connectivity index (χ1v) is 6.70. The highest BCUT2D eigenvalue weighted by atomic mass is 16.4. The summed E-state index contributed by atoms with van der Waals surface area (Å²) < 4.78 is 0. The summed E-state index contributed by atoms with van der Waals surface area (Å²) in [6.07, 6.45) is 4.32. The molecule has 0 saturated carbocycles. The molecule has 5 N–H and O–H groups in total. The van der Waals surface area contributed by atoms with Crippen molar-refractivity contribution >= 4 is 11.9 Å². The molecule has 112 valence electrons. The average molecular weight is 282 g/mol. The van der Waals surface area contributed by atoms with Crippen molar-refractivity contribution < 1.29 is 14.7 Å². The van der Waals surface area contributed by atoms with Gasteiger partial charge in [0, 0.05) is 24.9 Å². The van der Waals surface area contributed by atoms with E-state index in [0.29, 0.717) is 18.5 Å². The number of carbonyl (C=O) groups is 2. The Hall–Kier alpha value is -1.89. The number of aliphatic carboxylic acids is 1. The summed E-state index contributed by atoms with van der Waals surface area (Å²) in [4.78, 5) is 30.3. The van der Waals surface area contributed by atoms with Gasteiger partial charge in [-0.25, -0.2) is 9.78 Å². The Morgan fingerprint density at radius 1 is 1.50 bits per heavy atom. The molecule has 1 aromatic rings. The Labute approximate surface area is 118 Å². The van der Waals surface area contributed by atoms with Crippen LogP contribution in [0.25, 0.3) is 0 Å². The van der Waals surface area contributed by atoms with Crippen LogP contribution in [-0.2, 0) is 16.0 Å². The molecule has 1 heterocycles. The third-order valence-electron chi connectivity index (χ3n) is 3.81. The number of aromatic nitrogens is 2. The molecule has 1 atom stereocenters. The van der Waals surface area contributed by atoms with Gasteiger partial charge in [0.2, 0.25) is 5.91 Å². The van der Waals surface area contributed by atoms with Gasteiger partial charge in [-0.15, -0.1) is 0 Å². The molecule has 0 bridgehead atoms. The van der Waals surface area contributed by atoms with Crippen molar-refractivity contribution in [1.82, 2.24) is 15.3 Å². The Morgan fingerprint density at radius 3 is 2.55 bits per heavy atom. The Balaban J connectivity index is 2.80. The van der Waals surface area contributed by atoms with Crippen molar-refractivity contribution in [1.29, 1.82) is 0 Å². The molecule has 20 heavy (non-hydrogen) atoms. The fourth-order valence-electron chi connectivity index (χ4n) is 2.08. The smallest absolute Gasteiger partial charge is 0.326 e. The summed E-state index contributed by atoms with van der Waals surface area (Å²) in [6, 6.07) is -0.994. The molecular formula is C13H22N4O3. The van der Waals surface area contributed by atoms with Gasteiger partial charge in [0.1, 0.15) is 6.04 Å². The number of carboxylic acids is 1. The SMILES string of the molecule is CCC(CC)(CN)C(=O)NC(Cc1cnc[nH]1)C(=O)O. The van der Waals surface area contributed by atoms with Crippen LogP contribution in [0.5, 0.6) is 0 Å². The van der Waals surface area contributed by atoms with Crippen LogP contribution in [0.1, 0.15) is 32.4 Å². The van der Waals surface area contributed by atoms with Gasteiger partial charge in [0.15, 0.2) is 0 Å². The second-order valence-electron chi connectivity index (χ2n) is 4.84. The zero-order chi connectivity index (χ0) is 15.2. The van der Waals surface area contributed by atoms with Crippen molar-refractivity contribution in [3.05, 3.63) is 18.2 Å². The summed E-state index contributed by atoms with van der Waals surface area (Å²) in [5.41, 5.74) is 5.64. The highest BCUT2D eigenvalue weighted by Crippen LogP contribution is 2.25. The van der Waals surface area contributed by atoms with E-state index in [1.165, 1.54) is 12.5 Å².